The van der Waals surface area contributed by atoms with E-state index in [1.807, 2.05) is 17.5 Å². The molecule has 1 fully saturated rings. The van der Waals surface area contributed by atoms with Gasteiger partial charge in [0.25, 0.3) is 0 Å². The Morgan fingerprint density at radius 2 is 2.41 bits per heavy atom. The summed E-state index contributed by atoms with van der Waals surface area (Å²) in [6.45, 7) is 2.25. The number of nitrogens with one attached hydrogen (secondary N) is 1. The first-order chi connectivity index (χ1) is 10.7. The third kappa shape index (κ3) is 3.94. The fraction of sp³-hybridized carbons (Fsp3) is 0.562. The Labute approximate surface area is 134 Å². The average molecular weight is 319 g/mol. The van der Waals surface area contributed by atoms with Gasteiger partial charge in [0.1, 0.15) is 0 Å². The van der Waals surface area contributed by atoms with E-state index in [1.54, 1.807) is 11.3 Å². The molecule has 1 N–H and O–H groups in total. The Morgan fingerprint density at radius 1 is 1.50 bits per heavy atom. The van der Waals surface area contributed by atoms with Gasteiger partial charge in [-0.15, -0.1) is 11.3 Å². The second-order valence-corrected chi connectivity index (χ2v) is 6.97. The summed E-state index contributed by atoms with van der Waals surface area (Å²) in [6.07, 6.45) is 5.57. The minimum absolute atomic E-state index is 0.0787. The predicted molar refractivity (Wildman–Crippen MR) is 85.5 cm³/mol. The number of aryl methyl sites for hydroxylation is 1. The minimum atomic E-state index is 0.0787. The van der Waals surface area contributed by atoms with Crippen LogP contribution in [0.1, 0.15) is 44.9 Å². The van der Waals surface area contributed by atoms with Crippen LogP contribution in [0.3, 0.4) is 0 Å². The number of carbonyl (C=O) groups excluding carboxylic acids is 1. The molecule has 118 valence electrons. The lowest BCUT2D eigenvalue weighted by molar-refractivity contribution is -0.122. The highest BCUT2D eigenvalue weighted by atomic mass is 32.1. The smallest absolute Gasteiger partial charge is 0.227 e. The summed E-state index contributed by atoms with van der Waals surface area (Å²) in [5.74, 6) is 1.92. The molecule has 2 unspecified atom stereocenters. The van der Waals surface area contributed by atoms with Crippen molar-refractivity contribution in [2.24, 2.45) is 5.92 Å². The Morgan fingerprint density at radius 3 is 3.18 bits per heavy atom. The lowest BCUT2D eigenvalue weighted by atomic mass is 9.87. The summed E-state index contributed by atoms with van der Waals surface area (Å²) in [6, 6.07) is 4.24. The first kappa shape index (κ1) is 15.2. The number of hydrogen-bond donors (Lipinski definition) is 1. The zero-order valence-electron chi connectivity index (χ0n) is 12.7. The van der Waals surface area contributed by atoms with Crippen molar-refractivity contribution < 1.29 is 9.32 Å². The molecule has 22 heavy (non-hydrogen) atoms. The van der Waals surface area contributed by atoms with Gasteiger partial charge >= 0.3 is 0 Å². The van der Waals surface area contributed by atoms with E-state index in [0.717, 1.165) is 17.7 Å². The normalized spacial score (nSPS) is 21.7. The first-order valence-corrected chi connectivity index (χ1v) is 8.74. The van der Waals surface area contributed by atoms with Gasteiger partial charge in [0.15, 0.2) is 0 Å². The predicted octanol–water partition coefficient (Wildman–Crippen LogP) is 3.43. The van der Waals surface area contributed by atoms with Crippen molar-refractivity contribution in [1.29, 1.82) is 0 Å². The van der Waals surface area contributed by atoms with Gasteiger partial charge in [0.05, 0.1) is 4.88 Å². The molecule has 2 aromatic heterocycles. The molecular formula is C16H21N3O2S. The van der Waals surface area contributed by atoms with Gasteiger partial charge in [-0.1, -0.05) is 31.0 Å². The molecule has 2 atom stereocenters. The highest BCUT2D eigenvalue weighted by molar-refractivity contribution is 7.13. The lowest BCUT2D eigenvalue weighted by Gasteiger charge is -2.27. The number of rotatable bonds is 5. The number of nitrogens with zero attached hydrogens (tertiary/aromatic N) is 2. The lowest BCUT2D eigenvalue weighted by Crippen LogP contribution is -2.38. The number of thiophene rings is 1. The van der Waals surface area contributed by atoms with Crippen LogP contribution in [0, 0.1) is 5.92 Å². The van der Waals surface area contributed by atoms with Crippen LogP contribution >= 0.6 is 11.3 Å². The molecule has 0 bridgehead atoms. The molecule has 1 amide bonds. The summed E-state index contributed by atoms with van der Waals surface area (Å²) in [5, 5.41) is 9.06. The Bertz CT molecular complexity index is 609. The molecule has 6 heteroatoms. The summed E-state index contributed by atoms with van der Waals surface area (Å²) in [5.41, 5.74) is 0. The van der Waals surface area contributed by atoms with Crippen molar-refractivity contribution in [2.75, 3.05) is 0 Å². The molecule has 0 aliphatic heterocycles. The Kier molecular flexibility index (Phi) is 4.87. The van der Waals surface area contributed by atoms with E-state index in [9.17, 15) is 4.79 Å². The Hall–Kier alpha value is -1.69. The molecule has 1 saturated carbocycles. The number of hydrogen-bond acceptors (Lipinski definition) is 5. The molecule has 2 heterocycles. The molecule has 3 rings (SSSR count). The van der Waals surface area contributed by atoms with Gasteiger partial charge in [-0.3, -0.25) is 4.79 Å². The van der Waals surface area contributed by atoms with E-state index < -0.39 is 0 Å². The Balaban J connectivity index is 1.47. The maximum atomic E-state index is 12.0. The highest BCUT2D eigenvalue weighted by Crippen LogP contribution is 2.24. The molecule has 0 spiro atoms. The van der Waals surface area contributed by atoms with Crippen LogP contribution in [0.2, 0.25) is 0 Å². The molecule has 2 aromatic rings. The SMILES string of the molecule is CC1CCCC(NC(=O)CCc2nc(-c3cccs3)no2)C1. The minimum Gasteiger partial charge on any atom is -0.353 e. The fourth-order valence-electron chi connectivity index (χ4n) is 2.95. The highest BCUT2D eigenvalue weighted by Gasteiger charge is 2.20. The van der Waals surface area contributed by atoms with E-state index in [1.165, 1.54) is 12.8 Å². The van der Waals surface area contributed by atoms with Gasteiger partial charge in [-0.25, -0.2) is 0 Å². The van der Waals surface area contributed by atoms with E-state index in [4.69, 9.17) is 4.52 Å². The second-order valence-electron chi connectivity index (χ2n) is 6.03. The largest absolute Gasteiger partial charge is 0.353 e. The molecule has 0 aromatic carbocycles. The maximum Gasteiger partial charge on any atom is 0.227 e. The van der Waals surface area contributed by atoms with Crippen LogP contribution in [0.15, 0.2) is 22.0 Å². The molecule has 1 aliphatic rings. The summed E-state index contributed by atoms with van der Waals surface area (Å²) in [7, 11) is 0. The molecular weight excluding hydrogens is 298 g/mol. The van der Waals surface area contributed by atoms with Gasteiger partial charge in [0, 0.05) is 18.9 Å². The van der Waals surface area contributed by atoms with E-state index >= 15 is 0 Å². The quantitative estimate of drug-likeness (QED) is 0.917. The summed E-state index contributed by atoms with van der Waals surface area (Å²) < 4.78 is 5.21. The van der Waals surface area contributed by atoms with Gasteiger partial charge < -0.3 is 9.84 Å². The zero-order chi connectivity index (χ0) is 15.4. The van der Waals surface area contributed by atoms with Crippen molar-refractivity contribution in [3.63, 3.8) is 0 Å². The number of carbonyl (C=O) groups is 1. The van der Waals surface area contributed by atoms with E-state index in [0.29, 0.717) is 36.5 Å². The van der Waals surface area contributed by atoms with Gasteiger partial charge in [-0.05, 0) is 30.2 Å². The van der Waals surface area contributed by atoms with E-state index in [-0.39, 0.29) is 5.91 Å². The van der Waals surface area contributed by atoms with Crippen LogP contribution in [0.25, 0.3) is 10.7 Å². The molecule has 5 nitrogen and oxygen atoms in total. The molecule has 0 saturated heterocycles. The van der Waals surface area contributed by atoms with Crippen LogP contribution in [-0.2, 0) is 11.2 Å². The number of aromatic nitrogens is 2. The van der Waals surface area contributed by atoms with E-state index in [2.05, 4.69) is 22.4 Å². The van der Waals surface area contributed by atoms with Crippen LogP contribution < -0.4 is 5.32 Å². The number of amides is 1. The van der Waals surface area contributed by atoms with Crippen molar-refractivity contribution in [3.05, 3.63) is 23.4 Å². The third-order valence-electron chi connectivity index (χ3n) is 4.08. The van der Waals surface area contributed by atoms with Crippen molar-refractivity contribution in [2.45, 2.75) is 51.5 Å². The van der Waals surface area contributed by atoms with Crippen LogP contribution in [-0.4, -0.2) is 22.1 Å². The van der Waals surface area contributed by atoms with Gasteiger partial charge in [-0.2, -0.15) is 4.98 Å². The van der Waals surface area contributed by atoms with Crippen molar-refractivity contribution in [3.8, 4) is 10.7 Å². The third-order valence-corrected chi connectivity index (χ3v) is 4.94. The topological polar surface area (TPSA) is 68.0 Å². The van der Waals surface area contributed by atoms with Crippen LogP contribution in [0.5, 0.6) is 0 Å². The van der Waals surface area contributed by atoms with Crippen molar-refractivity contribution in [1.82, 2.24) is 15.5 Å². The van der Waals surface area contributed by atoms with Crippen LogP contribution in [0.4, 0.5) is 0 Å². The fourth-order valence-corrected chi connectivity index (χ4v) is 3.60. The standard InChI is InChI=1S/C16H21N3O2S/c1-11-4-2-5-12(10-11)17-14(20)7-8-15-18-16(19-21-15)13-6-3-9-22-13/h3,6,9,11-12H,2,4-5,7-8,10H2,1H3,(H,17,20). The molecule has 1 aliphatic carbocycles. The summed E-state index contributed by atoms with van der Waals surface area (Å²) in [4.78, 5) is 17.3. The monoisotopic (exact) mass is 319 g/mol. The molecule has 0 radical (unpaired) electrons. The summed E-state index contributed by atoms with van der Waals surface area (Å²) >= 11 is 1.57. The maximum absolute atomic E-state index is 12.0. The first-order valence-electron chi connectivity index (χ1n) is 7.86. The van der Waals surface area contributed by atoms with Crippen molar-refractivity contribution >= 4 is 17.2 Å². The average Bonchev–Trinajstić information content (AvgIpc) is 3.16. The zero-order valence-corrected chi connectivity index (χ0v) is 13.6. The van der Waals surface area contributed by atoms with Gasteiger partial charge in [0.2, 0.25) is 17.6 Å². The second kappa shape index (κ2) is 7.05.